The molecule has 2 aliphatic rings. The molecule has 0 spiro atoms. The molecule has 11 nitrogen and oxygen atoms in total. The Kier molecular flexibility index (Phi) is 21.8. The van der Waals surface area contributed by atoms with Crippen molar-refractivity contribution in [1.29, 1.82) is 0 Å². The molecule has 0 saturated carbocycles. The largest absolute Gasteiger partial charge is 0.481 e. The molecule has 4 rings (SSSR count). The number of carboxylic acids is 1. The van der Waals surface area contributed by atoms with Gasteiger partial charge in [0.25, 0.3) is 0 Å². The molecule has 2 aromatic rings. The van der Waals surface area contributed by atoms with E-state index >= 15 is 0 Å². The number of nitrogens with one attached hydrogen (secondary N) is 1. The fraction of sp³-hybridized carbons (Fsp3) is 0.636. The van der Waals surface area contributed by atoms with E-state index in [4.69, 9.17) is 20.3 Å². The van der Waals surface area contributed by atoms with Crippen molar-refractivity contribution < 1.29 is 33.8 Å². The first-order chi connectivity index (χ1) is 26.1. The number of benzene rings is 2. The fourth-order valence-corrected chi connectivity index (χ4v) is 6.59. The Morgan fingerprint density at radius 1 is 0.618 bits per heavy atom. The molecule has 0 unspecified atom stereocenters. The number of hydrogen-bond donors (Lipinski definition) is 3. The number of nitrogens with two attached hydrogens (primary N) is 1. The van der Waals surface area contributed by atoms with Crippen LogP contribution < -0.4 is 20.5 Å². The lowest BCUT2D eigenvalue weighted by Gasteiger charge is -2.19. The van der Waals surface area contributed by atoms with E-state index in [1.807, 2.05) is 64.1 Å². The van der Waals surface area contributed by atoms with Crippen LogP contribution in [-0.4, -0.2) is 91.1 Å². The summed E-state index contributed by atoms with van der Waals surface area (Å²) in [7, 11) is 0. The average molecular weight is 767 g/mol. The third-order valence-corrected chi connectivity index (χ3v) is 9.76. The molecule has 2 fully saturated rings. The average Bonchev–Trinajstić information content (AvgIpc) is 3.85. The van der Waals surface area contributed by atoms with Gasteiger partial charge in [0.2, 0.25) is 5.91 Å². The van der Waals surface area contributed by atoms with Crippen LogP contribution in [0.1, 0.15) is 153 Å². The number of ether oxygens (including phenoxy) is 2. The molecule has 0 atom stereocenters. The van der Waals surface area contributed by atoms with E-state index in [-0.39, 0.29) is 61.2 Å². The van der Waals surface area contributed by atoms with E-state index in [0.29, 0.717) is 18.0 Å². The molecule has 0 radical (unpaired) electrons. The molecule has 2 aromatic carbocycles. The SMILES string of the molecule is CC(C)c1cccc(C(C)C)c1OC(=O)CCC(=O)NCCN1CCCC1.CC(C)c1cccc(C(C)C)c1OC(=O)CCC(=O)O.NCCN1CCCC1. The van der Waals surface area contributed by atoms with E-state index in [2.05, 4.69) is 42.8 Å². The fourth-order valence-electron chi connectivity index (χ4n) is 6.59. The van der Waals surface area contributed by atoms with Gasteiger partial charge in [-0.1, -0.05) is 91.8 Å². The highest BCUT2D eigenvalue weighted by molar-refractivity contribution is 5.82. The summed E-state index contributed by atoms with van der Waals surface area (Å²) in [6.45, 7) is 24.7. The monoisotopic (exact) mass is 767 g/mol. The molecule has 2 aliphatic heterocycles. The molecular formula is C44H70N4O7. The van der Waals surface area contributed by atoms with Crippen molar-refractivity contribution in [3.63, 3.8) is 0 Å². The van der Waals surface area contributed by atoms with Gasteiger partial charge in [0.05, 0.1) is 19.3 Å². The van der Waals surface area contributed by atoms with Gasteiger partial charge in [-0.05, 0) is 97.8 Å². The molecule has 55 heavy (non-hydrogen) atoms. The number of hydrogen-bond acceptors (Lipinski definition) is 9. The van der Waals surface area contributed by atoms with Crippen LogP contribution in [0.25, 0.3) is 0 Å². The molecule has 0 aromatic heterocycles. The molecule has 4 N–H and O–H groups in total. The van der Waals surface area contributed by atoms with E-state index in [1.165, 1.54) is 38.8 Å². The van der Waals surface area contributed by atoms with Gasteiger partial charge < -0.3 is 35.4 Å². The first kappa shape index (κ1) is 47.4. The second-order valence-corrected chi connectivity index (χ2v) is 15.7. The lowest BCUT2D eigenvalue weighted by atomic mass is 9.94. The zero-order valence-electron chi connectivity index (χ0n) is 35.0. The maximum Gasteiger partial charge on any atom is 0.311 e. The van der Waals surface area contributed by atoms with Gasteiger partial charge in [-0.2, -0.15) is 0 Å². The normalized spacial score (nSPS) is 14.4. The summed E-state index contributed by atoms with van der Waals surface area (Å²) in [5.74, 6) is 0.320. The number of carbonyl (C=O) groups is 4. The summed E-state index contributed by atoms with van der Waals surface area (Å²) in [5.41, 5.74) is 9.37. The van der Waals surface area contributed by atoms with Crippen LogP contribution in [0.5, 0.6) is 11.5 Å². The van der Waals surface area contributed by atoms with E-state index in [9.17, 15) is 19.2 Å². The highest BCUT2D eigenvalue weighted by Gasteiger charge is 2.20. The minimum atomic E-state index is -0.997. The molecule has 0 bridgehead atoms. The van der Waals surface area contributed by atoms with Crippen molar-refractivity contribution in [3.05, 3.63) is 58.7 Å². The Morgan fingerprint density at radius 2 is 0.982 bits per heavy atom. The maximum atomic E-state index is 12.3. The van der Waals surface area contributed by atoms with Crippen molar-refractivity contribution in [2.45, 2.75) is 130 Å². The van der Waals surface area contributed by atoms with Crippen LogP contribution in [0.4, 0.5) is 0 Å². The minimum absolute atomic E-state index is 0.0904. The number of esters is 2. The van der Waals surface area contributed by atoms with Gasteiger partial charge in [0.1, 0.15) is 11.5 Å². The van der Waals surface area contributed by atoms with Crippen molar-refractivity contribution in [3.8, 4) is 11.5 Å². The lowest BCUT2D eigenvalue weighted by molar-refractivity contribution is -0.142. The molecule has 2 saturated heterocycles. The highest BCUT2D eigenvalue weighted by atomic mass is 16.5. The number of nitrogens with zero attached hydrogens (tertiary/aromatic N) is 2. The second-order valence-electron chi connectivity index (χ2n) is 15.7. The summed E-state index contributed by atoms with van der Waals surface area (Å²) in [5, 5.41) is 11.5. The van der Waals surface area contributed by atoms with Crippen LogP contribution >= 0.6 is 0 Å². The number of rotatable bonds is 17. The Labute approximate surface area is 330 Å². The van der Waals surface area contributed by atoms with Crippen molar-refractivity contribution in [2.75, 3.05) is 52.4 Å². The summed E-state index contributed by atoms with van der Waals surface area (Å²) < 4.78 is 11.2. The van der Waals surface area contributed by atoms with Gasteiger partial charge >= 0.3 is 17.9 Å². The van der Waals surface area contributed by atoms with Crippen molar-refractivity contribution in [2.24, 2.45) is 5.73 Å². The zero-order valence-corrected chi connectivity index (χ0v) is 35.0. The van der Waals surface area contributed by atoms with Crippen LogP contribution in [-0.2, 0) is 19.2 Å². The summed E-state index contributed by atoms with van der Waals surface area (Å²) >= 11 is 0. The minimum Gasteiger partial charge on any atom is -0.481 e. The number of para-hydroxylation sites is 2. The standard InChI is InChI=1S/C22H34N2O3.C16H22O4.C6H14N2/c1-16(2)18-8-7-9-19(17(3)4)22(18)27-21(26)11-10-20(25)23-12-15-24-13-5-6-14-24;1-10(2)12-6-5-7-13(11(3)4)16(12)20-15(19)9-8-14(17)18;7-3-6-8-4-1-2-5-8/h7-9,16-17H,5-6,10-15H2,1-4H3,(H,23,25);5-7,10-11H,8-9H2,1-4H3,(H,17,18);1-7H2. The van der Waals surface area contributed by atoms with Crippen molar-refractivity contribution >= 4 is 23.8 Å². The molecular weight excluding hydrogens is 697 g/mol. The smallest absolute Gasteiger partial charge is 0.311 e. The van der Waals surface area contributed by atoms with Crippen LogP contribution in [0, 0.1) is 0 Å². The van der Waals surface area contributed by atoms with Crippen molar-refractivity contribution in [1.82, 2.24) is 15.1 Å². The van der Waals surface area contributed by atoms with Gasteiger partial charge in [0, 0.05) is 32.6 Å². The van der Waals surface area contributed by atoms with Crippen LogP contribution in [0.3, 0.4) is 0 Å². The number of carbonyl (C=O) groups excluding carboxylic acids is 3. The van der Waals surface area contributed by atoms with E-state index in [1.54, 1.807) is 0 Å². The highest BCUT2D eigenvalue weighted by Crippen LogP contribution is 2.36. The summed E-state index contributed by atoms with van der Waals surface area (Å²) in [6.07, 6.45) is 5.18. The molecule has 0 aliphatic carbocycles. The zero-order chi connectivity index (χ0) is 40.9. The first-order valence-corrected chi connectivity index (χ1v) is 20.4. The quantitative estimate of drug-likeness (QED) is 0.109. The predicted molar refractivity (Wildman–Crippen MR) is 220 cm³/mol. The van der Waals surface area contributed by atoms with Gasteiger partial charge in [-0.25, -0.2) is 0 Å². The van der Waals surface area contributed by atoms with Gasteiger partial charge in [0.15, 0.2) is 0 Å². The number of carboxylic acid groups (broad SMARTS) is 1. The number of amides is 1. The van der Waals surface area contributed by atoms with Crippen LogP contribution in [0.2, 0.25) is 0 Å². The number of aliphatic carboxylic acids is 1. The molecule has 1 amide bonds. The van der Waals surface area contributed by atoms with Gasteiger partial charge in [-0.15, -0.1) is 0 Å². The summed E-state index contributed by atoms with van der Waals surface area (Å²) in [4.78, 5) is 51.4. The van der Waals surface area contributed by atoms with E-state index in [0.717, 1.165) is 55.0 Å². The third kappa shape index (κ3) is 17.7. The number of likely N-dealkylation sites (tertiary alicyclic amines) is 2. The predicted octanol–water partition coefficient (Wildman–Crippen LogP) is 7.58. The third-order valence-electron chi connectivity index (χ3n) is 9.76. The first-order valence-electron chi connectivity index (χ1n) is 20.4. The molecule has 2 heterocycles. The Hall–Kier alpha value is -3.80. The maximum absolute atomic E-state index is 12.3. The van der Waals surface area contributed by atoms with Gasteiger partial charge in [-0.3, -0.25) is 19.2 Å². The topological polar surface area (TPSA) is 152 Å². The Balaban J connectivity index is 0.000000325. The molecule has 11 heteroatoms. The Morgan fingerprint density at radius 3 is 1.33 bits per heavy atom. The molecule has 308 valence electrons. The Bertz CT molecular complexity index is 1430. The van der Waals surface area contributed by atoms with E-state index < -0.39 is 11.9 Å². The second kappa shape index (κ2) is 25.4. The lowest BCUT2D eigenvalue weighted by Crippen LogP contribution is -2.33. The van der Waals surface area contributed by atoms with Crippen LogP contribution in [0.15, 0.2) is 36.4 Å². The summed E-state index contributed by atoms with van der Waals surface area (Å²) in [6, 6.07) is 11.9.